The maximum Gasteiger partial charge on any atom is 0.0956 e. The van der Waals surface area contributed by atoms with Gasteiger partial charge in [0.2, 0.25) is 0 Å². The quantitative estimate of drug-likeness (QED) is 0.764. The molecule has 1 N–H and O–H groups in total. The van der Waals surface area contributed by atoms with E-state index >= 15 is 0 Å². The van der Waals surface area contributed by atoms with Crippen molar-refractivity contribution in [1.82, 2.24) is 0 Å². The van der Waals surface area contributed by atoms with Crippen LogP contribution in [0.1, 0.15) is 24.0 Å². The van der Waals surface area contributed by atoms with Gasteiger partial charge in [0.15, 0.2) is 0 Å². The van der Waals surface area contributed by atoms with E-state index in [0.29, 0.717) is 12.4 Å². The van der Waals surface area contributed by atoms with Gasteiger partial charge in [-0.2, -0.15) is 0 Å². The predicted molar refractivity (Wildman–Crippen MR) is 59.8 cm³/mol. The fourth-order valence-corrected chi connectivity index (χ4v) is 1.96. The van der Waals surface area contributed by atoms with E-state index in [1.165, 1.54) is 0 Å². The summed E-state index contributed by atoms with van der Waals surface area (Å²) in [7, 11) is 1.69. The number of benzene rings is 1. The largest absolute Gasteiger partial charge is 0.512 e. The van der Waals surface area contributed by atoms with Crippen LogP contribution in [0.5, 0.6) is 0 Å². The summed E-state index contributed by atoms with van der Waals surface area (Å²) >= 11 is 0. The SMILES string of the molecule is C=C(O)C1(c2ccc(COC)cc2)CC1. The van der Waals surface area contributed by atoms with Gasteiger partial charge in [-0.15, -0.1) is 0 Å². The van der Waals surface area contributed by atoms with Crippen LogP contribution in [-0.4, -0.2) is 12.2 Å². The van der Waals surface area contributed by atoms with Gasteiger partial charge in [-0.3, -0.25) is 0 Å². The minimum atomic E-state index is -0.147. The molecule has 0 heterocycles. The maximum atomic E-state index is 9.55. The minimum Gasteiger partial charge on any atom is -0.512 e. The molecule has 1 aromatic rings. The lowest BCUT2D eigenvalue weighted by molar-refractivity contribution is 0.185. The third-order valence-corrected chi connectivity index (χ3v) is 3.12. The van der Waals surface area contributed by atoms with E-state index in [1.54, 1.807) is 7.11 Å². The highest BCUT2D eigenvalue weighted by Crippen LogP contribution is 2.52. The van der Waals surface area contributed by atoms with Gasteiger partial charge in [0.05, 0.1) is 17.8 Å². The van der Waals surface area contributed by atoms with E-state index in [2.05, 4.69) is 18.7 Å². The fraction of sp³-hybridized carbons (Fsp3) is 0.385. The summed E-state index contributed by atoms with van der Waals surface area (Å²) in [5.41, 5.74) is 2.17. The zero-order chi connectivity index (χ0) is 10.9. The molecule has 0 aliphatic heterocycles. The molecule has 1 saturated carbocycles. The molecule has 2 heteroatoms. The van der Waals surface area contributed by atoms with E-state index in [4.69, 9.17) is 4.74 Å². The lowest BCUT2D eigenvalue weighted by Crippen LogP contribution is -2.08. The molecule has 1 aliphatic carbocycles. The Labute approximate surface area is 90.2 Å². The molecule has 1 fully saturated rings. The van der Waals surface area contributed by atoms with Gasteiger partial charge in [0, 0.05) is 7.11 Å². The molecule has 1 aromatic carbocycles. The molecular weight excluding hydrogens is 188 g/mol. The lowest BCUT2D eigenvalue weighted by Gasteiger charge is -2.14. The third-order valence-electron chi connectivity index (χ3n) is 3.12. The number of hydrogen-bond acceptors (Lipinski definition) is 2. The molecule has 0 bridgehead atoms. The Morgan fingerprint density at radius 3 is 2.40 bits per heavy atom. The molecule has 0 unspecified atom stereocenters. The van der Waals surface area contributed by atoms with Crippen LogP contribution in [0, 0.1) is 0 Å². The smallest absolute Gasteiger partial charge is 0.0956 e. The first-order valence-corrected chi connectivity index (χ1v) is 5.16. The molecule has 80 valence electrons. The number of ether oxygens (including phenoxy) is 1. The van der Waals surface area contributed by atoms with Crippen LogP contribution in [0.25, 0.3) is 0 Å². The van der Waals surface area contributed by atoms with Gasteiger partial charge in [-0.25, -0.2) is 0 Å². The Balaban J connectivity index is 2.20. The highest BCUT2D eigenvalue weighted by atomic mass is 16.5. The summed E-state index contributed by atoms with van der Waals surface area (Å²) in [6.07, 6.45) is 2.01. The van der Waals surface area contributed by atoms with Gasteiger partial charge in [0.25, 0.3) is 0 Å². The summed E-state index contributed by atoms with van der Waals surface area (Å²) in [5, 5.41) is 9.55. The van der Waals surface area contributed by atoms with Crippen molar-refractivity contribution in [2.45, 2.75) is 24.9 Å². The second-order valence-corrected chi connectivity index (χ2v) is 4.16. The van der Waals surface area contributed by atoms with E-state index in [0.717, 1.165) is 24.0 Å². The number of methoxy groups -OCH3 is 1. The molecule has 0 saturated heterocycles. The third kappa shape index (κ3) is 1.77. The van der Waals surface area contributed by atoms with Crippen molar-refractivity contribution >= 4 is 0 Å². The highest BCUT2D eigenvalue weighted by molar-refractivity contribution is 5.40. The summed E-state index contributed by atoms with van der Waals surface area (Å²) in [5.74, 6) is 0.294. The Morgan fingerprint density at radius 1 is 1.40 bits per heavy atom. The van der Waals surface area contributed by atoms with Gasteiger partial charge in [0.1, 0.15) is 0 Å². The predicted octanol–water partition coefficient (Wildman–Crippen LogP) is 2.94. The fourth-order valence-electron chi connectivity index (χ4n) is 1.96. The lowest BCUT2D eigenvalue weighted by atomic mass is 9.93. The van der Waals surface area contributed by atoms with Crippen molar-refractivity contribution in [3.63, 3.8) is 0 Å². The van der Waals surface area contributed by atoms with Crippen molar-refractivity contribution in [2.75, 3.05) is 7.11 Å². The van der Waals surface area contributed by atoms with Crippen LogP contribution >= 0.6 is 0 Å². The van der Waals surface area contributed by atoms with E-state index in [-0.39, 0.29) is 5.41 Å². The number of hydrogen-bond donors (Lipinski definition) is 1. The average molecular weight is 204 g/mol. The van der Waals surface area contributed by atoms with Crippen molar-refractivity contribution in [2.24, 2.45) is 0 Å². The summed E-state index contributed by atoms with van der Waals surface area (Å²) in [6, 6.07) is 8.20. The normalized spacial score (nSPS) is 17.4. The molecular formula is C13H16O2. The molecule has 1 aliphatic rings. The molecule has 0 amide bonds. The Kier molecular flexibility index (Phi) is 2.53. The summed E-state index contributed by atoms with van der Waals surface area (Å²) < 4.78 is 5.05. The topological polar surface area (TPSA) is 29.5 Å². The Hall–Kier alpha value is -1.28. The Bertz CT molecular complexity index is 361. The van der Waals surface area contributed by atoms with Crippen LogP contribution in [0.3, 0.4) is 0 Å². The Morgan fingerprint density at radius 2 is 2.00 bits per heavy atom. The maximum absolute atomic E-state index is 9.55. The zero-order valence-corrected chi connectivity index (χ0v) is 8.99. The average Bonchev–Trinajstić information content (AvgIpc) is 3.00. The zero-order valence-electron chi connectivity index (χ0n) is 8.99. The van der Waals surface area contributed by atoms with Crippen LogP contribution in [0.2, 0.25) is 0 Å². The monoisotopic (exact) mass is 204 g/mol. The van der Waals surface area contributed by atoms with Crippen LogP contribution < -0.4 is 0 Å². The standard InChI is InChI=1S/C13H16O2/c1-10(14)13(7-8-13)12-5-3-11(4-6-12)9-15-2/h3-6,14H,1,7-9H2,2H3. The summed E-state index contributed by atoms with van der Waals surface area (Å²) in [4.78, 5) is 0. The van der Waals surface area contributed by atoms with Gasteiger partial charge >= 0.3 is 0 Å². The van der Waals surface area contributed by atoms with Crippen molar-refractivity contribution in [3.8, 4) is 0 Å². The van der Waals surface area contributed by atoms with Crippen molar-refractivity contribution in [3.05, 3.63) is 47.7 Å². The first kappa shape index (κ1) is 10.2. The number of aliphatic hydroxyl groups excluding tert-OH is 1. The first-order valence-electron chi connectivity index (χ1n) is 5.16. The highest BCUT2D eigenvalue weighted by Gasteiger charge is 2.47. The van der Waals surface area contributed by atoms with E-state index in [9.17, 15) is 5.11 Å². The molecule has 0 spiro atoms. The van der Waals surface area contributed by atoms with Crippen molar-refractivity contribution < 1.29 is 9.84 Å². The van der Waals surface area contributed by atoms with Crippen molar-refractivity contribution in [1.29, 1.82) is 0 Å². The second-order valence-electron chi connectivity index (χ2n) is 4.16. The molecule has 15 heavy (non-hydrogen) atoms. The molecule has 2 nitrogen and oxygen atoms in total. The number of aliphatic hydroxyl groups is 1. The van der Waals surface area contributed by atoms with Gasteiger partial charge < -0.3 is 9.84 Å². The number of rotatable bonds is 4. The van der Waals surface area contributed by atoms with Crippen LogP contribution in [0.15, 0.2) is 36.6 Å². The molecule has 0 aromatic heterocycles. The minimum absolute atomic E-state index is 0.147. The molecule has 0 atom stereocenters. The van der Waals surface area contributed by atoms with Gasteiger partial charge in [-0.1, -0.05) is 30.8 Å². The first-order chi connectivity index (χ1) is 7.19. The summed E-state index contributed by atoms with van der Waals surface area (Å²) in [6.45, 7) is 4.29. The van der Waals surface area contributed by atoms with Crippen LogP contribution in [0.4, 0.5) is 0 Å². The van der Waals surface area contributed by atoms with Crippen LogP contribution in [-0.2, 0) is 16.8 Å². The second kappa shape index (κ2) is 3.70. The van der Waals surface area contributed by atoms with E-state index < -0.39 is 0 Å². The van der Waals surface area contributed by atoms with E-state index in [1.807, 2.05) is 12.1 Å². The molecule has 2 rings (SSSR count). The van der Waals surface area contributed by atoms with Gasteiger partial charge in [-0.05, 0) is 24.0 Å². The number of allylic oxidation sites excluding steroid dienone is 1. The molecule has 0 radical (unpaired) electrons.